The fraction of sp³-hybridized carbons (Fsp3) is 0.367. The molecule has 42 heavy (non-hydrogen) atoms. The number of carbonyl (C=O) groups is 3. The van der Waals surface area contributed by atoms with Gasteiger partial charge < -0.3 is 14.6 Å². The van der Waals surface area contributed by atoms with Gasteiger partial charge in [-0.15, -0.1) is 0 Å². The molecule has 2 aliphatic rings. The molecule has 1 N–H and O–H groups in total. The fourth-order valence-corrected chi connectivity index (χ4v) is 11.6. The van der Waals surface area contributed by atoms with Gasteiger partial charge in [0.05, 0.1) is 24.3 Å². The van der Waals surface area contributed by atoms with E-state index in [-0.39, 0.29) is 11.6 Å². The first-order valence-corrected chi connectivity index (χ1v) is 18.2. The van der Waals surface area contributed by atoms with Crippen LogP contribution in [0, 0.1) is 5.92 Å². The van der Waals surface area contributed by atoms with E-state index in [1.54, 1.807) is 12.3 Å². The molecule has 2 aromatic carbocycles. The van der Waals surface area contributed by atoms with Gasteiger partial charge in [-0.2, -0.15) is 8.42 Å². The van der Waals surface area contributed by atoms with Crippen LogP contribution in [0.5, 0.6) is 0 Å². The Hall–Kier alpha value is -3.19. The van der Waals surface area contributed by atoms with Crippen molar-refractivity contribution in [2.75, 3.05) is 6.26 Å². The standard InChI is InChI=1S/C30H36N2O7S2Si/c1-20(38-41(6,36)37)26-24-19-25(40-18-17-31-21(2)33)27(32(24)28(26)34)29(35)39-42(30(3,4)5,22-13-9-7-10-14-22)23-15-11-8-12-16-23/h7-18,20,24,26H,19H2,1-6H3,(H,31,33)/b18-17+/t20-,24+,26+/m0/s1. The summed E-state index contributed by atoms with van der Waals surface area (Å²) in [5.74, 6) is -2.00. The van der Waals surface area contributed by atoms with Crippen LogP contribution in [0.25, 0.3) is 0 Å². The number of amides is 2. The zero-order valence-electron chi connectivity index (χ0n) is 24.5. The largest absolute Gasteiger partial charge is 0.505 e. The van der Waals surface area contributed by atoms with Crippen molar-refractivity contribution in [3.8, 4) is 0 Å². The highest BCUT2D eigenvalue weighted by Gasteiger charge is 2.60. The van der Waals surface area contributed by atoms with Crippen LogP contribution in [-0.2, 0) is 33.1 Å². The molecule has 224 valence electrons. The Morgan fingerprint density at radius 1 is 1.07 bits per heavy atom. The molecular weight excluding hydrogens is 593 g/mol. The summed E-state index contributed by atoms with van der Waals surface area (Å²) in [5.41, 5.74) is 0.137. The molecule has 1 saturated heterocycles. The average Bonchev–Trinajstić information content (AvgIpc) is 3.23. The fourth-order valence-electron chi connectivity index (χ4n) is 5.75. The van der Waals surface area contributed by atoms with Gasteiger partial charge in [-0.05, 0) is 27.7 Å². The molecular formula is C30H36N2O7S2Si. The van der Waals surface area contributed by atoms with Crippen molar-refractivity contribution in [3.05, 3.63) is 82.9 Å². The summed E-state index contributed by atoms with van der Waals surface area (Å²) < 4.78 is 35.5. The van der Waals surface area contributed by atoms with E-state index in [2.05, 4.69) is 26.1 Å². The molecule has 0 unspecified atom stereocenters. The molecule has 0 spiro atoms. The number of hydrogen-bond acceptors (Lipinski definition) is 8. The third kappa shape index (κ3) is 6.26. The summed E-state index contributed by atoms with van der Waals surface area (Å²) in [7, 11) is -7.09. The van der Waals surface area contributed by atoms with Crippen LogP contribution in [-0.4, -0.2) is 57.8 Å². The molecule has 2 heterocycles. The van der Waals surface area contributed by atoms with Gasteiger partial charge in [-0.3, -0.25) is 13.8 Å². The smallest absolute Gasteiger partial charge is 0.343 e. The lowest BCUT2D eigenvalue weighted by Gasteiger charge is -2.46. The minimum atomic E-state index is -3.79. The highest BCUT2D eigenvalue weighted by molar-refractivity contribution is 8.05. The Bertz CT molecular complexity index is 1480. The zero-order valence-corrected chi connectivity index (χ0v) is 27.1. The molecule has 3 atom stereocenters. The van der Waals surface area contributed by atoms with Crippen molar-refractivity contribution in [2.45, 2.75) is 58.2 Å². The molecule has 2 amide bonds. The quantitative estimate of drug-likeness (QED) is 0.242. The van der Waals surface area contributed by atoms with Gasteiger partial charge >= 0.3 is 14.3 Å². The highest BCUT2D eigenvalue weighted by Crippen LogP contribution is 2.49. The topological polar surface area (TPSA) is 119 Å². The number of fused-ring (bicyclic) bond motifs is 1. The van der Waals surface area contributed by atoms with Crippen molar-refractivity contribution in [1.29, 1.82) is 0 Å². The summed E-state index contributed by atoms with van der Waals surface area (Å²) in [5, 5.41) is 5.55. The Kier molecular flexibility index (Phi) is 9.21. The van der Waals surface area contributed by atoms with Crippen molar-refractivity contribution in [2.24, 2.45) is 5.92 Å². The van der Waals surface area contributed by atoms with Crippen LogP contribution >= 0.6 is 11.8 Å². The van der Waals surface area contributed by atoms with Crippen LogP contribution in [0.2, 0.25) is 5.04 Å². The molecule has 0 aliphatic carbocycles. The minimum absolute atomic E-state index is 0.137. The monoisotopic (exact) mass is 628 g/mol. The number of carbonyl (C=O) groups excluding carboxylic acids is 3. The number of nitrogens with one attached hydrogen (secondary N) is 1. The SMILES string of the molecule is CC(=O)N/C=C/SC1=C(C(=O)O[Si](c2ccccc2)(c2ccccc2)C(C)(C)C)N2C(=O)[C@H]([C@H](C)OS(C)(=O)=O)[C@H]2C1. The zero-order chi connectivity index (χ0) is 30.9. The number of nitrogens with zero attached hydrogens (tertiary/aromatic N) is 1. The van der Waals surface area contributed by atoms with E-state index >= 15 is 0 Å². The third-order valence-electron chi connectivity index (χ3n) is 7.42. The molecule has 9 nitrogen and oxygen atoms in total. The van der Waals surface area contributed by atoms with Crippen molar-refractivity contribution in [1.82, 2.24) is 10.2 Å². The molecule has 12 heteroatoms. The summed E-state index contributed by atoms with van der Waals surface area (Å²) in [6.45, 7) is 9.09. The Morgan fingerprint density at radius 2 is 1.62 bits per heavy atom. The number of thioether (sulfide) groups is 1. The molecule has 1 fully saturated rings. The van der Waals surface area contributed by atoms with E-state index in [4.69, 9.17) is 8.61 Å². The Morgan fingerprint density at radius 3 is 2.10 bits per heavy atom. The predicted molar refractivity (Wildman–Crippen MR) is 165 cm³/mol. The van der Waals surface area contributed by atoms with Gasteiger partial charge in [0.25, 0.3) is 10.1 Å². The second-order valence-corrected chi connectivity index (χ2v) is 18.3. The van der Waals surface area contributed by atoms with Crippen LogP contribution in [0.1, 0.15) is 41.0 Å². The lowest BCUT2D eigenvalue weighted by molar-refractivity contribution is -0.159. The summed E-state index contributed by atoms with van der Waals surface area (Å²) in [6, 6.07) is 19.0. The van der Waals surface area contributed by atoms with E-state index in [0.717, 1.165) is 16.6 Å². The Labute approximate surface area is 252 Å². The first-order chi connectivity index (χ1) is 19.7. The first-order valence-electron chi connectivity index (χ1n) is 13.5. The van der Waals surface area contributed by atoms with Crippen molar-refractivity contribution in [3.63, 3.8) is 0 Å². The van der Waals surface area contributed by atoms with E-state index in [0.29, 0.717) is 11.3 Å². The van der Waals surface area contributed by atoms with Gasteiger partial charge in [0, 0.05) is 24.4 Å². The number of hydrogen-bond donors (Lipinski definition) is 1. The van der Waals surface area contributed by atoms with Crippen LogP contribution < -0.4 is 15.7 Å². The van der Waals surface area contributed by atoms with E-state index < -0.39 is 53.4 Å². The lowest BCUT2D eigenvalue weighted by atomic mass is 9.83. The molecule has 4 rings (SSSR count). The van der Waals surface area contributed by atoms with Gasteiger partial charge in [0.1, 0.15) is 5.70 Å². The van der Waals surface area contributed by atoms with Crippen molar-refractivity contribution >= 4 is 58.4 Å². The number of rotatable bonds is 10. The van der Waals surface area contributed by atoms with Crippen LogP contribution in [0.4, 0.5) is 0 Å². The third-order valence-corrected chi connectivity index (χ3v) is 13.9. The van der Waals surface area contributed by atoms with Gasteiger partial charge in [-0.25, -0.2) is 4.79 Å². The minimum Gasteiger partial charge on any atom is -0.505 e. The molecule has 0 saturated carbocycles. The number of β-lactam (4-membered cyclic amide) rings is 1. The van der Waals surface area contributed by atoms with E-state index in [1.165, 1.54) is 29.8 Å². The molecule has 0 bridgehead atoms. The number of benzene rings is 2. The van der Waals surface area contributed by atoms with Crippen LogP contribution in [0.15, 0.2) is 82.9 Å². The lowest BCUT2D eigenvalue weighted by Crippen LogP contribution is -2.68. The van der Waals surface area contributed by atoms with E-state index in [9.17, 15) is 22.8 Å². The second-order valence-electron chi connectivity index (χ2n) is 11.5. The normalized spacial score (nSPS) is 19.9. The predicted octanol–water partition coefficient (Wildman–Crippen LogP) is 3.24. The molecule has 2 aliphatic heterocycles. The van der Waals surface area contributed by atoms with Crippen molar-refractivity contribution < 1.29 is 31.4 Å². The maximum atomic E-state index is 14.4. The molecule has 2 aromatic rings. The maximum Gasteiger partial charge on any atom is 0.343 e. The molecule has 0 aromatic heterocycles. The van der Waals surface area contributed by atoms with Gasteiger partial charge in [-0.1, -0.05) is 93.2 Å². The Balaban J connectivity index is 1.78. The van der Waals surface area contributed by atoms with Crippen LogP contribution in [0.3, 0.4) is 0 Å². The first kappa shape index (κ1) is 31.7. The highest BCUT2D eigenvalue weighted by atomic mass is 32.2. The summed E-state index contributed by atoms with van der Waals surface area (Å²) >= 11 is 1.21. The van der Waals surface area contributed by atoms with Gasteiger partial charge in [0.2, 0.25) is 11.8 Å². The summed E-state index contributed by atoms with van der Waals surface area (Å²) in [4.78, 5) is 41.2. The summed E-state index contributed by atoms with van der Waals surface area (Å²) in [6.07, 6.45) is 1.82. The van der Waals surface area contributed by atoms with Gasteiger partial charge in [0.15, 0.2) is 0 Å². The second kappa shape index (κ2) is 12.2. The average molecular weight is 629 g/mol. The maximum absolute atomic E-state index is 14.4. The van der Waals surface area contributed by atoms with E-state index in [1.807, 2.05) is 60.7 Å². The molecule has 0 radical (unpaired) electrons.